The normalized spacial score (nSPS) is 15.3. The number of rotatable bonds is 7. The molecule has 0 aliphatic carbocycles. The second-order valence-corrected chi connectivity index (χ2v) is 9.80. The van der Waals surface area contributed by atoms with Crippen LogP contribution in [0.3, 0.4) is 0 Å². The van der Waals surface area contributed by atoms with Gasteiger partial charge in [0.2, 0.25) is 15.2 Å². The molecule has 13 heteroatoms. The summed E-state index contributed by atoms with van der Waals surface area (Å²) >= 11 is 2.66. The summed E-state index contributed by atoms with van der Waals surface area (Å²) in [6.45, 7) is 6.16. The Labute approximate surface area is 196 Å². The summed E-state index contributed by atoms with van der Waals surface area (Å²) in [4.78, 5) is 13.3. The predicted molar refractivity (Wildman–Crippen MR) is 129 cm³/mol. The lowest BCUT2D eigenvalue weighted by Gasteiger charge is -2.36. The molecule has 0 aromatic carbocycles. The molecule has 0 bridgehead atoms. The van der Waals surface area contributed by atoms with Gasteiger partial charge in [0.25, 0.3) is 0 Å². The average molecular weight is 572 g/mol. The lowest BCUT2D eigenvalue weighted by atomic mass is 10.3. The molecule has 2 aromatic heterocycles. The number of aryl methyl sites for hydroxylation is 1. The van der Waals surface area contributed by atoms with Crippen molar-refractivity contribution in [2.24, 2.45) is 4.99 Å². The minimum absolute atomic E-state index is 0. The fraction of sp³-hybridized carbons (Fsp3) is 0.562. The Kier molecular flexibility index (Phi) is 9.52. The smallest absolute Gasteiger partial charge is 0.250 e. The number of nitrogens with one attached hydrogen (secondary N) is 2. The monoisotopic (exact) mass is 571 g/mol. The quantitative estimate of drug-likeness (QED) is 0.225. The molecule has 162 valence electrons. The van der Waals surface area contributed by atoms with E-state index in [1.54, 1.807) is 24.6 Å². The summed E-state index contributed by atoms with van der Waals surface area (Å²) in [5, 5.41) is 5.96. The molecule has 1 aliphatic rings. The van der Waals surface area contributed by atoms with Crippen LogP contribution >= 0.6 is 46.8 Å². The first-order valence-electron chi connectivity index (χ1n) is 9.09. The van der Waals surface area contributed by atoms with Gasteiger partial charge in [-0.3, -0.25) is 4.99 Å². The van der Waals surface area contributed by atoms with E-state index in [1.165, 1.54) is 22.9 Å². The van der Waals surface area contributed by atoms with Gasteiger partial charge in [0.1, 0.15) is 10.0 Å². The van der Waals surface area contributed by atoms with Crippen molar-refractivity contribution >= 4 is 68.0 Å². The number of halogens is 1. The molecule has 2 aromatic rings. The van der Waals surface area contributed by atoms with Crippen LogP contribution in [-0.2, 0) is 16.4 Å². The number of hydrogen-bond donors (Lipinski definition) is 2. The maximum Gasteiger partial charge on any atom is 0.250 e. The molecule has 29 heavy (non-hydrogen) atoms. The minimum atomic E-state index is -3.43. The number of nitrogens with zero attached hydrogens (tertiary/aromatic N) is 5. The van der Waals surface area contributed by atoms with E-state index in [0.29, 0.717) is 17.3 Å². The zero-order valence-corrected chi connectivity index (χ0v) is 21.1. The maximum absolute atomic E-state index is 12.1. The zero-order valence-electron chi connectivity index (χ0n) is 16.4. The number of anilines is 1. The molecular formula is C16H26IN7O2S3. The Morgan fingerprint density at radius 2 is 2.03 bits per heavy atom. The van der Waals surface area contributed by atoms with Crippen molar-refractivity contribution in [1.29, 1.82) is 0 Å². The van der Waals surface area contributed by atoms with Gasteiger partial charge in [-0.1, -0.05) is 13.0 Å². The predicted octanol–water partition coefficient (Wildman–Crippen LogP) is 1.46. The van der Waals surface area contributed by atoms with Gasteiger partial charge in [-0.15, -0.1) is 35.3 Å². The van der Waals surface area contributed by atoms with Crippen molar-refractivity contribution in [3.63, 3.8) is 0 Å². The van der Waals surface area contributed by atoms with Crippen molar-refractivity contribution in [3.8, 4) is 0 Å². The van der Waals surface area contributed by atoms with Crippen molar-refractivity contribution < 1.29 is 8.42 Å². The fourth-order valence-corrected chi connectivity index (χ4v) is 5.68. The number of piperazine rings is 1. The van der Waals surface area contributed by atoms with Crippen molar-refractivity contribution in [2.45, 2.75) is 17.6 Å². The first-order valence-corrected chi connectivity index (χ1v) is 12.2. The molecule has 3 heterocycles. The molecule has 1 saturated heterocycles. The molecule has 1 aliphatic heterocycles. The van der Waals surface area contributed by atoms with Gasteiger partial charge < -0.3 is 15.1 Å². The van der Waals surface area contributed by atoms with Crippen LogP contribution in [0.15, 0.2) is 26.7 Å². The number of sulfonamides is 1. The van der Waals surface area contributed by atoms with Gasteiger partial charge >= 0.3 is 0 Å². The van der Waals surface area contributed by atoms with E-state index < -0.39 is 10.0 Å². The van der Waals surface area contributed by atoms with Crippen LogP contribution in [0, 0.1) is 0 Å². The van der Waals surface area contributed by atoms with Gasteiger partial charge in [-0.05, 0) is 11.4 Å². The highest BCUT2D eigenvalue weighted by Crippen LogP contribution is 2.19. The lowest BCUT2D eigenvalue weighted by molar-refractivity contribution is 0.372. The summed E-state index contributed by atoms with van der Waals surface area (Å²) in [7, 11) is -1.69. The van der Waals surface area contributed by atoms with Gasteiger partial charge in [0.05, 0.1) is 0 Å². The van der Waals surface area contributed by atoms with E-state index in [0.717, 1.165) is 49.5 Å². The summed E-state index contributed by atoms with van der Waals surface area (Å²) in [5.41, 5.74) is 0. The Balaban J connectivity index is 0.00000300. The third kappa shape index (κ3) is 6.47. The van der Waals surface area contributed by atoms with Crippen molar-refractivity contribution in [1.82, 2.24) is 24.3 Å². The molecule has 0 unspecified atom stereocenters. The minimum Gasteiger partial charge on any atom is -0.355 e. The molecule has 2 N–H and O–H groups in total. The summed E-state index contributed by atoms with van der Waals surface area (Å²) in [5.74, 6) is 1.67. The lowest BCUT2D eigenvalue weighted by Crippen LogP contribution is -2.53. The first-order chi connectivity index (χ1) is 13.5. The molecule has 1 fully saturated rings. The zero-order chi connectivity index (χ0) is 20.0. The first kappa shape index (κ1) is 24.2. The third-order valence-corrected chi connectivity index (χ3v) is 7.97. The number of thiophene rings is 1. The SMILES string of the molecule is CCc1nsc(N2CCN(C(=NC)NCCNS(=O)(=O)c3cccs3)CC2)n1.I. The van der Waals surface area contributed by atoms with Crippen LogP contribution in [0.1, 0.15) is 12.7 Å². The highest BCUT2D eigenvalue weighted by molar-refractivity contribution is 14.0. The highest BCUT2D eigenvalue weighted by atomic mass is 127. The molecule has 9 nitrogen and oxygen atoms in total. The Morgan fingerprint density at radius 1 is 1.28 bits per heavy atom. The van der Waals surface area contributed by atoms with E-state index in [9.17, 15) is 8.42 Å². The van der Waals surface area contributed by atoms with Gasteiger partial charge in [0, 0.05) is 64.3 Å². The summed E-state index contributed by atoms with van der Waals surface area (Å²) in [6.07, 6.45) is 0.850. The van der Waals surface area contributed by atoms with Crippen molar-refractivity contribution in [3.05, 3.63) is 23.3 Å². The number of guanidine groups is 1. The molecule has 0 amide bonds. The fourth-order valence-electron chi connectivity index (χ4n) is 2.81. The molecule has 0 spiro atoms. The third-order valence-electron chi connectivity index (χ3n) is 4.30. The van der Waals surface area contributed by atoms with E-state index in [4.69, 9.17) is 0 Å². The van der Waals surface area contributed by atoms with Gasteiger partial charge in [0.15, 0.2) is 5.96 Å². The largest absolute Gasteiger partial charge is 0.355 e. The number of aromatic nitrogens is 2. The molecule has 0 saturated carbocycles. The summed E-state index contributed by atoms with van der Waals surface area (Å²) in [6, 6.07) is 3.32. The van der Waals surface area contributed by atoms with Crippen LogP contribution in [0.25, 0.3) is 0 Å². The number of hydrogen-bond acceptors (Lipinski definition) is 8. The Morgan fingerprint density at radius 3 is 2.62 bits per heavy atom. The van der Waals surface area contributed by atoms with E-state index in [1.807, 2.05) is 0 Å². The van der Waals surface area contributed by atoms with Crippen LogP contribution in [-0.4, -0.2) is 75.0 Å². The van der Waals surface area contributed by atoms with Crippen molar-refractivity contribution in [2.75, 3.05) is 51.2 Å². The summed E-state index contributed by atoms with van der Waals surface area (Å²) < 4.78 is 31.5. The molecule has 0 radical (unpaired) electrons. The Bertz CT molecular complexity index is 878. The van der Waals surface area contributed by atoms with E-state index >= 15 is 0 Å². The number of aliphatic imine (C=N–C) groups is 1. The topological polar surface area (TPSA) is 103 Å². The van der Waals surface area contributed by atoms with Crippen LogP contribution in [0.4, 0.5) is 5.13 Å². The second-order valence-electron chi connectivity index (χ2n) is 6.12. The molecule has 3 rings (SSSR count). The Hall–Kier alpha value is -1.03. The van der Waals surface area contributed by atoms with Crippen LogP contribution in [0.2, 0.25) is 0 Å². The standard InChI is InChI=1S/C16H25N7O2S3.HI/c1-3-13-20-16(27-21-13)23-10-8-22(9-11-23)15(17-2)18-6-7-19-28(24,25)14-5-4-12-26-14;/h4-5,12,19H,3,6-11H2,1-2H3,(H,17,18);1H. The second kappa shape index (κ2) is 11.4. The van der Waals surface area contributed by atoms with Gasteiger partial charge in [-0.2, -0.15) is 4.37 Å². The molecular weight excluding hydrogens is 545 g/mol. The van der Waals surface area contributed by atoms with Gasteiger partial charge in [-0.25, -0.2) is 18.1 Å². The highest BCUT2D eigenvalue weighted by Gasteiger charge is 2.22. The van der Waals surface area contributed by atoms with Crippen LogP contribution in [0.5, 0.6) is 0 Å². The molecule has 0 atom stereocenters. The van der Waals surface area contributed by atoms with E-state index in [-0.39, 0.29) is 24.0 Å². The average Bonchev–Trinajstić information content (AvgIpc) is 3.40. The van der Waals surface area contributed by atoms with E-state index in [2.05, 4.69) is 41.1 Å². The maximum atomic E-state index is 12.1. The van der Waals surface area contributed by atoms with Crippen LogP contribution < -0.4 is 14.9 Å².